The zero-order chi connectivity index (χ0) is 10.2. The smallest absolute Gasteiger partial charge is 0.319 e. The number of ether oxygens (including phenoxy) is 2. The summed E-state index contributed by atoms with van der Waals surface area (Å²) in [6.45, 7) is 2.08. The normalized spacial score (nSPS) is 21.1. The first-order valence-electron chi connectivity index (χ1n) is 5.22. The van der Waals surface area contributed by atoms with Gasteiger partial charge in [-0.1, -0.05) is 0 Å². The maximum Gasteiger partial charge on any atom is 0.319 e. The van der Waals surface area contributed by atoms with Crippen molar-refractivity contribution in [3.8, 4) is 0 Å². The lowest BCUT2D eigenvalue weighted by Gasteiger charge is -2.08. The Labute approximate surface area is 85.0 Å². The number of esters is 1. The molecule has 0 aromatic rings. The van der Waals surface area contributed by atoms with E-state index in [1.165, 1.54) is 20.0 Å². The predicted octanol–water partition coefficient (Wildman–Crippen LogP) is 0.708. The van der Waals surface area contributed by atoms with Crippen molar-refractivity contribution < 1.29 is 14.3 Å². The summed E-state index contributed by atoms with van der Waals surface area (Å²) in [5.41, 5.74) is 0. The fraction of sp³-hybridized carbons (Fsp3) is 0.900. The third kappa shape index (κ3) is 4.58. The van der Waals surface area contributed by atoms with Crippen molar-refractivity contribution in [2.75, 3.05) is 26.8 Å². The van der Waals surface area contributed by atoms with Crippen molar-refractivity contribution in [1.29, 1.82) is 0 Å². The zero-order valence-corrected chi connectivity index (χ0v) is 8.75. The number of rotatable bonds is 6. The topological polar surface area (TPSA) is 47.6 Å². The summed E-state index contributed by atoms with van der Waals surface area (Å²) in [5, 5.41) is 3.03. The summed E-state index contributed by atoms with van der Waals surface area (Å²) < 4.78 is 9.99. The second-order valence-corrected chi connectivity index (χ2v) is 3.53. The van der Waals surface area contributed by atoms with Gasteiger partial charge in [0.15, 0.2) is 0 Å². The molecule has 1 atom stereocenters. The average molecular weight is 201 g/mol. The molecule has 1 fully saturated rings. The maximum atomic E-state index is 10.7. The van der Waals surface area contributed by atoms with Crippen molar-refractivity contribution >= 4 is 5.97 Å². The number of carbonyl (C=O) groups is 1. The summed E-state index contributed by atoms with van der Waals surface area (Å²) in [6, 6.07) is 0. The molecule has 4 heteroatoms. The number of carbonyl (C=O) groups excluding carboxylic acids is 1. The predicted molar refractivity (Wildman–Crippen MR) is 53.1 cm³/mol. The van der Waals surface area contributed by atoms with E-state index in [2.05, 4.69) is 10.1 Å². The van der Waals surface area contributed by atoms with E-state index in [0.717, 1.165) is 26.0 Å². The number of methoxy groups -OCH3 is 1. The first-order chi connectivity index (χ1) is 6.83. The van der Waals surface area contributed by atoms with Crippen molar-refractivity contribution in [3.05, 3.63) is 0 Å². The Kier molecular flexibility index (Phi) is 5.56. The number of hydrogen-bond acceptors (Lipinski definition) is 4. The molecule has 0 aromatic heterocycles. The molecule has 0 aliphatic carbocycles. The molecule has 1 aliphatic heterocycles. The Morgan fingerprint density at radius 3 is 3.14 bits per heavy atom. The quantitative estimate of drug-likeness (QED) is 0.508. The van der Waals surface area contributed by atoms with Gasteiger partial charge < -0.3 is 14.8 Å². The molecule has 0 saturated carbocycles. The van der Waals surface area contributed by atoms with Crippen LogP contribution in [0.4, 0.5) is 0 Å². The van der Waals surface area contributed by atoms with Crippen LogP contribution >= 0.6 is 0 Å². The van der Waals surface area contributed by atoms with Gasteiger partial charge in [-0.3, -0.25) is 4.79 Å². The van der Waals surface area contributed by atoms with Crippen LogP contribution in [-0.4, -0.2) is 38.9 Å². The van der Waals surface area contributed by atoms with Gasteiger partial charge in [0.1, 0.15) is 0 Å². The molecular weight excluding hydrogens is 182 g/mol. The molecule has 1 rings (SSSR count). The van der Waals surface area contributed by atoms with Crippen LogP contribution in [0.1, 0.15) is 25.7 Å². The molecule has 0 radical (unpaired) electrons. The van der Waals surface area contributed by atoms with Crippen LogP contribution in [0.2, 0.25) is 0 Å². The van der Waals surface area contributed by atoms with Crippen LogP contribution in [0, 0.1) is 0 Å². The Bertz CT molecular complexity index is 167. The van der Waals surface area contributed by atoms with Crippen LogP contribution in [0.5, 0.6) is 0 Å². The van der Waals surface area contributed by atoms with E-state index < -0.39 is 0 Å². The van der Waals surface area contributed by atoms with Gasteiger partial charge in [0.05, 0.1) is 19.8 Å². The highest BCUT2D eigenvalue weighted by Crippen LogP contribution is 2.16. The van der Waals surface area contributed by atoms with Crippen LogP contribution < -0.4 is 5.32 Å². The number of hydrogen-bond donors (Lipinski definition) is 1. The molecule has 1 heterocycles. The minimum Gasteiger partial charge on any atom is -0.468 e. The molecule has 0 spiro atoms. The van der Waals surface area contributed by atoms with Gasteiger partial charge in [0, 0.05) is 6.61 Å². The van der Waals surface area contributed by atoms with E-state index in [-0.39, 0.29) is 5.97 Å². The van der Waals surface area contributed by atoms with E-state index in [0.29, 0.717) is 12.6 Å². The SMILES string of the molecule is COC(=O)CNCCCC1CCCO1. The minimum absolute atomic E-state index is 0.206. The van der Waals surface area contributed by atoms with E-state index in [1.54, 1.807) is 0 Å². The van der Waals surface area contributed by atoms with Crippen LogP contribution in [-0.2, 0) is 14.3 Å². The van der Waals surface area contributed by atoms with Gasteiger partial charge in [-0.2, -0.15) is 0 Å². The lowest BCUT2D eigenvalue weighted by atomic mass is 10.1. The molecule has 0 aromatic carbocycles. The second-order valence-electron chi connectivity index (χ2n) is 3.53. The summed E-state index contributed by atoms with van der Waals surface area (Å²) >= 11 is 0. The molecular formula is C10H19NO3. The molecule has 1 unspecified atom stereocenters. The summed E-state index contributed by atoms with van der Waals surface area (Å²) in [6.07, 6.45) is 4.99. The molecule has 1 saturated heterocycles. The second kappa shape index (κ2) is 6.79. The van der Waals surface area contributed by atoms with Gasteiger partial charge in [-0.05, 0) is 32.2 Å². The lowest BCUT2D eigenvalue weighted by molar-refractivity contribution is -0.139. The van der Waals surface area contributed by atoms with Crippen LogP contribution in [0.15, 0.2) is 0 Å². The van der Waals surface area contributed by atoms with Crippen molar-refractivity contribution in [1.82, 2.24) is 5.32 Å². The van der Waals surface area contributed by atoms with Crippen molar-refractivity contribution in [3.63, 3.8) is 0 Å². The van der Waals surface area contributed by atoms with E-state index in [9.17, 15) is 4.79 Å². The van der Waals surface area contributed by atoms with Crippen LogP contribution in [0.25, 0.3) is 0 Å². The Hall–Kier alpha value is -0.610. The fourth-order valence-electron chi connectivity index (χ4n) is 1.59. The third-order valence-electron chi connectivity index (χ3n) is 2.40. The Morgan fingerprint density at radius 1 is 1.64 bits per heavy atom. The monoisotopic (exact) mass is 201 g/mol. The van der Waals surface area contributed by atoms with E-state index in [1.807, 2.05) is 0 Å². The highest BCUT2D eigenvalue weighted by Gasteiger charge is 2.14. The molecule has 14 heavy (non-hydrogen) atoms. The fourth-order valence-corrected chi connectivity index (χ4v) is 1.59. The summed E-state index contributed by atoms with van der Waals surface area (Å²) in [4.78, 5) is 10.7. The summed E-state index contributed by atoms with van der Waals surface area (Å²) in [5.74, 6) is -0.206. The Morgan fingerprint density at radius 2 is 2.50 bits per heavy atom. The Balaban J connectivity index is 1.86. The molecule has 1 N–H and O–H groups in total. The van der Waals surface area contributed by atoms with Gasteiger partial charge >= 0.3 is 5.97 Å². The standard InChI is InChI=1S/C10H19NO3/c1-13-10(12)8-11-6-2-4-9-5-3-7-14-9/h9,11H,2-8H2,1H3. The zero-order valence-electron chi connectivity index (χ0n) is 8.75. The first kappa shape index (κ1) is 11.5. The van der Waals surface area contributed by atoms with Crippen LogP contribution in [0.3, 0.4) is 0 Å². The van der Waals surface area contributed by atoms with Crippen molar-refractivity contribution in [2.24, 2.45) is 0 Å². The van der Waals surface area contributed by atoms with E-state index >= 15 is 0 Å². The van der Waals surface area contributed by atoms with Crippen molar-refractivity contribution in [2.45, 2.75) is 31.8 Å². The third-order valence-corrected chi connectivity index (χ3v) is 2.40. The van der Waals surface area contributed by atoms with E-state index in [4.69, 9.17) is 4.74 Å². The number of nitrogens with one attached hydrogen (secondary N) is 1. The average Bonchev–Trinajstić information content (AvgIpc) is 2.69. The first-order valence-corrected chi connectivity index (χ1v) is 5.22. The maximum absolute atomic E-state index is 10.7. The summed E-state index contributed by atoms with van der Waals surface area (Å²) in [7, 11) is 1.40. The molecule has 0 bridgehead atoms. The van der Waals surface area contributed by atoms with Gasteiger partial charge in [-0.25, -0.2) is 0 Å². The molecule has 1 aliphatic rings. The van der Waals surface area contributed by atoms with Gasteiger partial charge in [-0.15, -0.1) is 0 Å². The minimum atomic E-state index is -0.206. The highest BCUT2D eigenvalue weighted by molar-refractivity contribution is 5.71. The molecule has 0 amide bonds. The molecule has 82 valence electrons. The lowest BCUT2D eigenvalue weighted by Crippen LogP contribution is -2.25. The molecule has 4 nitrogen and oxygen atoms in total. The van der Waals surface area contributed by atoms with Gasteiger partial charge in [0.2, 0.25) is 0 Å². The van der Waals surface area contributed by atoms with Gasteiger partial charge in [0.25, 0.3) is 0 Å². The highest BCUT2D eigenvalue weighted by atomic mass is 16.5. The largest absolute Gasteiger partial charge is 0.468 e.